The summed E-state index contributed by atoms with van der Waals surface area (Å²) in [7, 11) is 0. The molecule has 1 spiro atoms. The summed E-state index contributed by atoms with van der Waals surface area (Å²) in [5, 5.41) is 0. The second kappa shape index (κ2) is 4.56. The third-order valence-electron chi connectivity index (χ3n) is 5.84. The number of hydrogen-bond donors (Lipinski definition) is 0. The molecular formula is C20H24O. The number of Topliss-reactive ketones (excluding diaryl/α,β-unsaturated/α-hetero) is 1. The molecule has 0 aliphatic heterocycles. The summed E-state index contributed by atoms with van der Waals surface area (Å²) in [5.41, 5.74) is 5.58. The van der Waals surface area contributed by atoms with Crippen LogP contribution in [0.1, 0.15) is 61.0 Å². The Morgan fingerprint density at radius 3 is 2.76 bits per heavy atom. The zero-order chi connectivity index (χ0) is 14.6. The maximum absolute atomic E-state index is 12.9. The number of fused-ring (bicyclic) bond motifs is 4. The molecule has 3 aliphatic carbocycles. The third kappa shape index (κ3) is 2.01. The topological polar surface area (TPSA) is 17.1 Å². The van der Waals surface area contributed by atoms with Crippen molar-refractivity contribution in [2.24, 2.45) is 17.3 Å². The highest BCUT2D eigenvalue weighted by Gasteiger charge is 2.50. The molecule has 110 valence electrons. The number of hydrogen-bond acceptors (Lipinski definition) is 1. The summed E-state index contributed by atoms with van der Waals surface area (Å²) in [4.78, 5) is 12.9. The van der Waals surface area contributed by atoms with Crippen LogP contribution in [0.4, 0.5) is 0 Å². The van der Waals surface area contributed by atoms with E-state index in [0.717, 1.165) is 30.7 Å². The van der Waals surface area contributed by atoms with Gasteiger partial charge in [0.05, 0.1) is 0 Å². The van der Waals surface area contributed by atoms with Crippen molar-refractivity contribution in [1.29, 1.82) is 0 Å². The summed E-state index contributed by atoms with van der Waals surface area (Å²) < 4.78 is 0. The zero-order valence-electron chi connectivity index (χ0n) is 13.1. The van der Waals surface area contributed by atoms with Crippen molar-refractivity contribution < 1.29 is 4.79 Å². The van der Waals surface area contributed by atoms with E-state index in [1.807, 2.05) is 0 Å². The van der Waals surface area contributed by atoms with E-state index in [4.69, 9.17) is 0 Å². The van der Waals surface area contributed by atoms with Crippen LogP contribution in [0, 0.1) is 17.3 Å². The number of carbonyl (C=O) groups is 1. The van der Waals surface area contributed by atoms with Crippen molar-refractivity contribution in [2.45, 2.75) is 52.4 Å². The van der Waals surface area contributed by atoms with Crippen molar-refractivity contribution in [3.05, 3.63) is 46.5 Å². The molecule has 0 saturated heterocycles. The predicted molar refractivity (Wildman–Crippen MR) is 85.5 cm³/mol. The van der Waals surface area contributed by atoms with Crippen LogP contribution in [0.15, 0.2) is 29.8 Å². The molecule has 0 amide bonds. The highest BCUT2D eigenvalue weighted by atomic mass is 16.1. The lowest BCUT2D eigenvalue weighted by atomic mass is 9.63. The second-order valence-electron chi connectivity index (χ2n) is 7.86. The van der Waals surface area contributed by atoms with Gasteiger partial charge in [-0.25, -0.2) is 0 Å². The van der Waals surface area contributed by atoms with Crippen LogP contribution in [0.5, 0.6) is 0 Å². The zero-order valence-corrected chi connectivity index (χ0v) is 13.1. The highest BCUT2D eigenvalue weighted by Crippen LogP contribution is 2.58. The van der Waals surface area contributed by atoms with Gasteiger partial charge in [0.25, 0.3) is 0 Å². The molecule has 1 fully saturated rings. The predicted octanol–water partition coefficient (Wildman–Crippen LogP) is 4.74. The molecule has 0 radical (unpaired) electrons. The second-order valence-corrected chi connectivity index (χ2v) is 7.86. The van der Waals surface area contributed by atoms with Gasteiger partial charge in [-0.1, -0.05) is 43.7 Å². The maximum atomic E-state index is 12.9. The first-order valence-electron chi connectivity index (χ1n) is 8.39. The molecule has 4 rings (SSSR count). The van der Waals surface area contributed by atoms with Gasteiger partial charge in [-0.3, -0.25) is 4.79 Å². The van der Waals surface area contributed by atoms with Gasteiger partial charge in [0.15, 0.2) is 5.78 Å². The Morgan fingerprint density at radius 2 is 2.10 bits per heavy atom. The van der Waals surface area contributed by atoms with Crippen LogP contribution >= 0.6 is 0 Å². The van der Waals surface area contributed by atoms with Gasteiger partial charge in [0.1, 0.15) is 0 Å². The molecular weight excluding hydrogens is 256 g/mol. The van der Waals surface area contributed by atoms with E-state index in [-0.39, 0.29) is 5.41 Å². The van der Waals surface area contributed by atoms with Crippen molar-refractivity contribution in [1.82, 2.24) is 0 Å². The van der Waals surface area contributed by atoms with Crippen LogP contribution in [-0.2, 0) is 12.8 Å². The Kier molecular flexibility index (Phi) is 2.89. The molecule has 3 aliphatic rings. The Balaban J connectivity index is 1.73. The van der Waals surface area contributed by atoms with Crippen LogP contribution in [0.2, 0.25) is 0 Å². The van der Waals surface area contributed by atoms with Crippen molar-refractivity contribution in [3.8, 4) is 0 Å². The van der Waals surface area contributed by atoms with Crippen LogP contribution in [-0.4, -0.2) is 5.78 Å². The first kappa shape index (κ1) is 13.3. The highest BCUT2D eigenvalue weighted by molar-refractivity contribution is 6.00. The van der Waals surface area contributed by atoms with Crippen molar-refractivity contribution >= 4 is 5.78 Å². The summed E-state index contributed by atoms with van der Waals surface area (Å²) in [5.74, 6) is 1.76. The summed E-state index contributed by atoms with van der Waals surface area (Å²) in [6, 6.07) is 6.53. The van der Waals surface area contributed by atoms with E-state index in [9.17, 15) is 4.79 Å². The molecule has 1 aromatic carbocycles. The Morgan fingerprint density at radius 1 is 1.24 bits per heavy atom. The van der Waals surface area contributed by atoms with E-state index in [1.54, 1.807) is 5.57 Å². The lowest BCUT2D eigenvalue weighted by molar-refractivity contribution is 0.0822. The van der Waals surface area contributed by atoms with Gasteiger partial charge in [-0.2, -0.15) is 0 Å². The number of rotatable bonds is 2. The van der Waals surface area contributed by atoms with Crippen molar-refractivity contribution in [2.75, 3.05) is 0 Å². The Bertz CT molecular complexity index is 637. The van der Waals surface area contributed by atoms with E-state index >= 15 is 0 Å². The molecule has 0 aromatic heterocycles. The van der Waals surface area contributed by atoms with Gasteiger partial charge in [0.2, 0.25) is 0 Å². The summed E-state index contributed by atoms with van der Waals surface area (Å²) in [6.07, 6.45) is 9.01. The molecule has 21 heavy (non-hydrogen) atoms. The summed E-state index contributed by atoms with van der Waals surface area (Å²) >= 11 is 0. The lowest BCUT2D eigenvalue weighted by Crippen LogP contribution is -2.36. The fourth-order valence-corrected chi connectivity index (χ4v) is 5.03. The van der Waals surface area contributed by atoms with Gasteiger partial charge in [-0.15, -0.1) is 0 Å². The SMILES string of the molecule is CC(C)Cc1cccc2c1C(=O)CC1(CC3=CCC1C3)C2. The van der Waals surface area contributed by atoms with Gasteiger partial charge in [0, 0.05) is 12.0 Å². The van der Waals surface area contributed by atoms with E-state index in [2.05, 4.69) is 38.1 Å². The minimum atomic E-state index is 0.268. The largest absolute Gasteiger partial charge is 0.294 e. The first-order valence-corrected chi connectivity index (χ1v) is 8.39. The van der Waals surface area contributed by atoms with E-state index < -0.39 is 0 Å². The fraction of sp³-hybridized carbons (Fsp3) is 0.550. The van der Waals surface area contributed by atoms with Crippen molar-refractivity contribution in [3.63, 3.8) is 0 Å². The van der Waals surface area contributed by atoms with Gasteiger partial charge in [-0.05, 0) is 60.5 Å². The molecule has 2 atom stereocenters. The average molecular weight is 280 g/mol. The molecule has 0 heterocycles. The fourth-order valence-electron chi connectivity index (χ4n) is 5.03. The number of allylic oxidation sites excluding steroid dienone is 2. The van der Waals surface area contributed by atoms with Gasteiger partial charge < -0.3 is 0 Å². The quantitative estimate of drug-likeness (QED) is 0.715. The standard InChI is InChI=1S/C20H24O/c1-13(2)8-15-4-3-5-16-11-20(12-18(21)19(15)16)10-14-6-7-17(20)9-14/h3-6,13,17H,7-12H2,1-2H3. The number of benzene rings is 1. The molecule has 1 nitrogen and oxygen atoms in total. The number of carbonyl (C=O) groups excluding carboxylic acids is 1. The van der Waals surface area contributed by atoms with Crippen LogP contribution in [0.3, 0.4) is 0 Å². The molecule has 1 heteroatoms. The van der Waals surface area contributed by atoms with E-state index in [0.29, 0.717) is 11.7 Å². The normalized spacial score (nSPS) is 30.1. The molecule has 2 bridgehead atoms. The van der Waals surface area contributed by atoms with Gasteiger partial charge >= 0.3 is 0 Å². The monoisotopic (exact) mass is 280 g/mol. The number of ketones is 1. The smallest absolute Gasteiger partial charge is 0.164 e. The van der Waals surface area contributed by atoms with Crippen LogP contribution < -0.4 is 0 Å². The Hall–Kier alpha value is -1.37. The third-order valence-corrected chi connectivity index (χ3v) is 5.84. The summed E-state index contributed by atoms with van der Waals surface area (Å²) in [6.45, 7) is 4.47. The molecule has 2 unspecified atom stereocenters. The minimum Gasteiger partial charge on any atom is -0.294 e. The maximum Gasteiger partial charge on any atom is 0.164 e. The molecule has 0 N–H and O–H groups in total. The minimum absolute atomic E-state index is 0.268. The van der Waals surface area contributed by atoms with Crippen LogP contribution in [0.25, 0.3) is 0 Å². The average Bonchev–Trinajstić information content (AvgIpc) is 2.98. The Labute approximate surface area is 127 Å². The lowest BCUT2D eigenvalue weighted by Gasteiger charge is -2.40. The molecule has 1 saturated carbocycles. The first-order chi connectivity index (χ1) is 10.1. The van der Waals surface area contributed by atoms with E-state index in [1.165, 1.54) is 30.4 Å². The molecule has 1 aromatic rings.